The van der Waals surface area contributed by atoms with Crippen LogP contribution < -0.4 is 5.32 Å². The van der Waals surface area contributed by atoms with Crippen LogP contribution in [-0.2, 0) is 11.2 Å². The highest BCUT2D eigenvalue weighted by atomic mass is 19.1. The van der Waals surface area contributed by atoms with Crippen LogP contribution >= 0.6 is 0 Å². The number of ether oxygens (including phenoxy) is 1. The van der Waals surface area contributed by atoms with Gasteiger partial charge in [0.25, 0.3) is 0 Å². The summed E-state index contributed by atoms with van der Waals surface area (Å²) >= 11 is 0. The number of esters is 1. The van der Waals surface area contributed by atoms with Crippen LogP contribution in [0.15, 0.2) is 72.8 Å². The summed E-state index contributed by atoms with van der Waals surface area (Å²) in [6.45, 7) is 0.491. The second-order valence-electron chi connectivity index (χ2n) is 7.06. The Kier molecular flexibility index (Phi) is 5.48. The molecule has 1 N–H and O–H groups in total. The normalized spacial score (nSPS) is 15.3. The Labute approximate surface area is 174 Å². The average molecular weight is 404 g/mol. The highest BCUT2D eigenvalue weighted by Crippen LogP contribution is 2.35. The van der Waals surface area contributed by atoms with Gasteiger partial charge in [-0.15, -0.1) is 0 Å². The lowest BCUT2D eigenvalue weighted by atomic mass is 9.88. The molecule has 0 unspecified atom stereocenters. The summed E-state index contributed by atoms with van der Waals surface area (Å²) in [6, 6.07) is 20.2. The fraction of sp³-hybridized carbons (Fsp3) is 0.167. The number of urea groups is 1. The number of fused-ring (bicyclic) bond motifs is 1. The quantitative estimate of drug-likeness (QED) is 0.639. The van der Waals surface area contributed by atoms with E-state index in [1.165, 1.54) is 19.2 Å². The van der Waals surface area contributed by atoms with E-state index in [-0.39, 0.29) is 23.5 Å². The first-order chi connectivity index (χ1) is 14.6. The molecular weight excluding hydrogens is 383 g/mol. The molecule has 1 atom stereocenters. The monoisotopic (exact) mass is 404 g/mol. The lowest BCUT2D eigenvalue weighted by Gasteiger charge is -2.37. The molecule has 4 rings (SSSR count). The fourth-order valence-electron chi connectivity index (χ4n) is 3.86. The third-order valence-corrected chi connectivity index (χ3v) is 5.30. The van der Waals surface area contributed by atoms with Gasteiger partial charge in [-0.05, 0) is 47.4 Å². The number of carbonyl (C=O) groups excluding carboxylic acids is 2. The summed E-state index contributed by atoms with van der Waals surface area (Å²) in [5.41, 5.74) is 3.65. The first-order valence-corrected chi connectivity index (χ1v) is 9.66. The number of nitrogens with zero attached hydrogens (tertiary/aromatic N) is 1. The maximum Gasteiger partial charge on any atom is 0.339 e. The molecule has 3 aromatic rings. The topological polar surface area (TPSA) is 58.6 Å². The van der Waals surface area contributed by atoms with Crippen LogP contribution in [0, 0.1) is 5.82 Å². The van der Waals surface area contributed by atoms with Crippen molar-refractivity contribution in [3.8, 4) is 0 Å². The minimum atomic E-state index is -0.523. The summed E-state index contributed by atoms with van der Waals surface area (Å²) < 4.78 is 18.3. The van der Waals surface area contributed by atoms with Gasteiger partial charge in [-0.1, -0.05) is 48.5 Å². The van der Waals surface area contributed by atoms with Crippen molar-refractivity contribution in [2.75, 3.05) is 19.0 Å². The molecule has 6 heteroatoms. The van der Waals surface area contributed by atoms with Crippen LogP contribution in [0.5, 0.6) is 0 Å². The summed E-state index contributed by atoms with van der Waals surface area (Å²) in [7, 11) is 1.30. The fourth-order valence-corrected chi connectivity index (χ4v) is 3.86. The maximum atomic E-state index is 13.5. The molecule has 0 saturated heterocycles. The largest absolute Gasteiger partial charge is 0.465 e. The van der Waals surface area contributed by atoms with Crippen molar-refractivity contribution in [1.82, 2.24) is 4.90 Å². The van der Waals surface area contributed by atoms with Crippen molar-refractivity contribution in [1.29, 1.82) is 0 Å². The van der Waals surface area contributed by atoms with E-state index in [2.05, 4.69) is 5.32 Å². The lowest BCUT2D eigenvalue weighted by Crippen LogP contribution is -2.43. The van der Waals surface area contributed by atoms with Crippen LogP contribution in [0.1, 0.15) is 33.1 Å². The van der Waals surface area contributed by atoms with E-state index in [4.69, 9.17) is 4.74 Å². The third-order valence-electron chi connectivity index (χ3n) is 5.30. The van der Waals surface area contributed by atoms with Crippen molar-refractivity contribution in [2.45, 2.75) is 12.5 Å². The average Bonchev–Trinajstić information content (AvgIpc) is 2.78. The number of halogens is 1. The first-order valence-electron chi connectivity index (χ1n) is 9.66. The van der Waals surface area contributed by atoms with E-state index in [0.29, 0.717) is 18.7 Å². The van der Waals surface area contributed by atoms with Gasteiger partial charge < -0.3 is 15.0 Å². The molecule has 2 amide bonds. The molecular formula is C24H21FN2O3. The third kappa shape index (κ3) is 3.76. The maximum absolute atomic E-state index is 13.5. The first kappa shape index (κ1) is 19.6. The summed E-state index contributed by atoms with van der Waals surface area (Å²) in [5, 5.41) is 2.85. The van der Waals surface area contributed by atoms with Crippen molar-refractivity contribution in [2.24, 2.45) is 0 Å². The standard InChI is InChI=1S/C24H21FN2O3/c1-30-23(28)20-8-4-5-9-21(20)26-24(29)27-15-14-16-6-2-3-7-19(16)22(27)17-10-12-18(25)13-11-17/h2-13,22H,14-15H2,1H3,(H,26,29)/t22-/m1/s1. The van der Waals surface area contributed by atoms with Crippen molar-refractivity contribution in [3.05, 3.63) is 101 Å². The minimum absolute atomic E-state index is 0.282. The Balaban J connectivity index is 1.70. The van der Waals surface area contributed by atoms with Gasteiger partial charge >= 0.3 is 12.0 Å². The number of para-hydroxylation sites is 1. The number of hydrogen-bond donors (Lipinski definition) is 1. The molecule has 30 heavy (non-hydrogen) atoms. The highest BCUT2D eigenvalue weighted by molar-refractivity contribution is 6.01. The van der Waals surface area contributed by atoms with E-state index < -0.39 is 5.97 Å². The highest BCUT2D eigenvalue weighted by Gasteiger charge is 2.32. The predicted octanol–water partition coefficient (Wildman–Crippen LogP) is 4.79. The van der Waals surface area contributed by atoms with E-state index in [9.17, 15) is 14.0 Å². The molecule has 5 nitrogen and oxygen atoms in total. The molecule has 0 aliphatic carbocycles. The number of amides is 2. The molecule has 1 aliphatic rings. The van der Waals surface area contributed by atoms with Gasteiger partial charge in [0.2, 0.25) is 0 Å². The molecule has 0 saturated carbocycles. The minimum Gasteiger partial charge on any atom is -0.465 e. The van der Waals surface area contributed by atoms with Gasteiger partial charge in [-0.2, -0.15) is 0 Å². The van der Waals surface area contributed by atoms with Crippen LogP contribution in [0.2, 0.25) is 0 Å². The number of rotatable bonds is 3. The molecule has 0 bridgehead atoms. The second-order valence-corrected chi connectivity index (χ2v) is 7.06. The molecule has 0 fully saturated rings. The molecule has 152 valence electrons. The predicted molar refractivity (Wildman–Crippen MR) is 112 cm³/mol. The van der Waals surface area contributed by atoms with Gasteiger partial charge in [0, 0.05) is 6.54 Å². The molecule has 1 aliphatic heterocycles. The number of hydrogen-bond acceptors (Lipinski definition) is 3. The summed E-state index contributed by atoms with van der Waals surface area (Å²) in [4.78, 5) is 27.0. The van der Waals surface area contributed by atoms with Crippen molar-refractivity contribution in [3.63, 3.8) is 0 Å². The molecule has 0 spiro atoms. The number of anilines is 1. The zero-order valence-corrected chi connectivity index (χ0v) is 16.5. The van der Waals surface area contributed by atoms with Crippen LogP contribution in [0.4, 0.5) is 14.9 Å². The zero-order valence-electron chi connectivity index (χ0n) is 16.5. The van der Waals surface area contributed by atoms with Gasteiger partial charge in [0.05, 0.1) is 24.4 Å². The molecule has 1 heterocycles. The number of benzene rings is 3. The summed E-state index contributed by atoms with van der Waals surface area (Å²) in [5.74, 6) is -0.851. The molecule has 0 radical (unpaired) electrons. The molecule has 0 aromatic heterocycles. The Hall–Kier alpha value is -3.67. The summed E-state index contributed by atoms with van der Waals surface area (Å²) in [6.07, 6.45) is 0.708. The molecule has 3 aromatic carbocycles. The van der Waals surface area contributed by atoms with E-state index >= 15 is 0 Å². The van der Waals surface area contributed by atoms with Gasteiger partial charge in [0.15, 0.2) is 0 Å². The van der Waals surface area contributed by atoms with Crippen molar-refractivity contribution >= 4 is 17.7 Å². The Morgan fingerprint density at radius 1 is 1.00 bits per heavy atom. The Bertz CT molecular complexity index is 1080. The lowest BCUT2D eigenvalue weighted by molar-refractivity contribution is 0.0602. The van der Waals surface area contributed by atoms with Crippen molar-refractivity contribution < 1.29 is 18.7 Å². The number of nitrogens with one attached hydrogen (secondary N) is 1. The number of carbonyl (C=O) groups is 2. The van der Waals surface area contributed by atoms with Crippen LogP contribution in [0.3, 0.4) is 0 Å². The van der Waals surface area contributed by atoms with Gasteiger partial charge in [-0.25, -0.2) is 14.0 Å². The van der Waals surface area contributed by atoms with E-state index in [1.807, 2.05) is 24.3 Å². The Morgan fingerprint density at radius 3 is 2.47 bits per heavy atom. The van der Waals surface area contributed by atoms with E-state index in [1.54, 1.807) is 41.3 Å². The van der Waals surface area contributed by atoms with Gasteiger partial charge in [-0.3, -0.25) is 0 Å². The van der Waals surface area contributed by atoms with Crippen LogP contribution in [-0.4, -0.2) is 30.6 Å². The van der Waals surface area contributed by atoms with Gasteiger partial charge in [0.1, 0.15) is 5.82 Å². The smallest absolute Gasteiger partial charge is 0.339 e. The Morgan fingerprint density at radius 2 is 1.70 bits per heavy atom. The van der Waals surface area contributed by atoms with E-state index in [0.717, 1.165) is 16.7 Å². The second kappa shape index (κ2) is 8.37. The van der Waals surface area contributed by atoms with Crippen LogP contribution in [0.25, 0.3) is 0 Å². The zero-order chi connectivity index (χ0) is 21.1. The number of methoxy groups -OCH3 is 1. The SMILES string of the molecule is COC(=O)c1ccccc1NC(=O)N1CCc2ccccc2[C@H]1c1ccc(F)cc1.